The average molecular weight is 373 g/mol. The van der Waals surface area contributed by atoms with E-state index in [0.29, 0.717) is 24.6 Å². The number of amides is 1. The van der Waals surface area contributed by atoms with Gasteiger partial charge in [0.2, 0.25) is 0 Å². The van der Waals surface area contributed by atoms with Gasteiger partial charge in [0, 0.05) is 6.54 Å². The second kappa shape index (κ2) is 7.37. The highest BCUT2D eigenvalue weighted by Gasteiger charge is 2.31. The molecule has 1 aromatic carbocycles. The summed E-state index contributed by atoms with van der Waals surface area (Å²) in [6.45, 7) is 1.50. The first-order valence-corrected chi connectivity index (χ1v) is 9.50. The van der Waals surface area contributed by atoms with Crippen LogP contribution in [0.5, 0.6) is 11.5 Å². The Labute approximate surface area is 155 Å². The molecule has 0 aliphatic carbocycles. The summed E-state index contributed by atoms with van der Waals surface area (Å²) >= 11 is 1.30. The third kappa shape index (κ3) is 3.39. The maximum atomic E-state index is 12.6. The zero-order chi connectivity index (χ0) is 17.9. The van der Waals surface area contributed by atoms with Gasteiger partial charge in [-0.2, -0.15) is 0 Å². The van der Waals surface area contributed by atoms with Crippen LogP contribution in [0.15, 0.2) is 35.7 Å². The van der Waals surface area contributed by atoms with Gasteiger partial charge in [-0.25, -0.2) is 4.79 Å². The van der Waals surface area contributed by atoms with Crippen LogP contribution in [0.25, 0.3) is 0 Å². The van der Waals surface area contributed by atoms with Gasteiger partial charge in [-0.05, 0) is 42.0 Å². The molecule has 2 aliphatic rings. The number of hydrogen-bond donors (Lipinski definition) is 0. The van der Waals surface area contributed by atoms with Crippen molar-refractivity contribution in [2.45, 2.75) is 18.9 Å². The van der Waals surface area contributed by atoms with E-state index in [9.17, 15) is 9.59 Å². The molecule has 6 nitrogen and oxygen atoms in total. The molecule has 7 heteroatoms. The van der Waals surface area contributed by atoms with Crippen LogP contribution in [0.2, 0.25) is 0 Å². The predicted octanol–water partition coefficient (Wildman–Crippen LogP) is 3.04. The number of rotatable bonds is 4. The molecule has 0 bridgehead atoms. The molecule has 26 heavy (non-hydrogen) atoms. The second-order valence-corrected chi connectivity index (χ2v) is 7.15. The number of carbonyl (C=O) groups excluding carboxylic acids is 2. The van der Waals surface area contributed by atoms with Crippen LogP contribution >= 0.6 is 11.3 Å². The summed E-state index contributed by atoms with van der Waals surface area (Å²) in [5.41, 5.74) is 1.02. The van der Waals surface area contributed by atoms with Crippen LogP contribution in [0.1, 0.15) is 34.1 Å². The Hall–Kier alpha value is -2.54. The third-order valence-corrected chi connectivity index (χ3v) is 5.42. The summed E-state index contributed by atoms with van der Waals surface area (Å²) in [5.74, 6) is 0.827. The fourth-order valence-electron chi connectivity index (χ4n) is 3.36. The minimum atomic E-state index is -0.455. The lowest BCUT2D eigenvalue weighted by molar-refractivity contribution is -0.135. The number of carbonyl (C=O) groups is 2. The minimum absolute atomic E-state index is 0.0289. The lowest BCUT2D eigenvalue weighted by Crippen LogP contribution is -2.34. The number of esters is 1. The van der Waals surface area contributed by atoms with Crippen molar-refractivity contribution >= 4 is 23.2 Å². The topological polar surface area (TPSA) is 65.1 Å². The van der Waals surface area contributed by atoms with Crippen LogP contribution in [0, 0.1) is 0 Å². The minimum Gasteiger partial charge on any atom is -0.486 e. The Morgan fingerprint density at radius 3 is 2.85 bits per heavy atom. The van der Waals surface area contributed by atoms with Gasteiger partial charge in [-0.1, -0.05) is 12.1 Å². The quantitative estimate of drug-likeness (QED) is 0.771. The van der Waals surface area contributed by atoms with Crippen molar-refractivity contribution in [2.24, 2.45) is 0 Å². The van der Waals surface area contributed by atoms with Crippen LogP contribution in [0.3, 0.4) is 0 Å². The molecule has 2 aromatic rings. The molecule has 1 atom stereocenters. The van der Waals surface area contributed by atoms with E-state index in [1.807, 2.05) is 18.2 Å². The van der Waals surface area contributed by atoms with Crippen molar-refractivity contribution in [1.82, 2.24) is 4.90 Å². The Bertz CT molecular complexity index is 804. The van der Waals surface area contributed by atoms with E-state index in [2.05, 4.69) is 0 Å². The maximum Gasteiger partial charge on any atom is 0.348 e. The monoisotopic (exact) mass is 373 g/mol. The van der Waals surface area contributed by atoms with Gasteiger partial charge in [0.05, 0.1) is 6.04 Å². The standard InChI is InChI=1S/C19H19NO5S/c21-18(12-25-19(22)17-4-2-10-26-17)20-7-1-3-14(20)13-5-6-15-16(11-13)24-9-8-23-15/h2,4-6,10-11,14H,1,3,7-9,12H2. The Balaban J connectivity index is 1.43. The zero-order valence-electron chi connectivity index (χ0n) is 14.2. The molecule has 4 rings (SSSR count). The fraction of sp³-hybridized carbons (Fsp3) is 0.368. The van der Waals surface area contributed by atoms with Crippen LogP contribution in [-0.4, -0.2) is 43.1 Å². The Morgan fingerprint density at radius 1 is 1.19 bits per heavy atom. The first-order chi connectivity index (χ1) is 12.7. The number of fused-ring (bicyclic) bond motifs is 1. The first-order valence-electron chi connectivity index (χ1n) is 8.62. The lowest BCUT2D eigenvalue weighted by atomic mass is 10.0. The molecule has 3 heterocycles. The number of thiophene rings is 1. The van der Waals surface area contributed by atoms with Crippen LogP contribution in [0.4, 0.5) is 0 Å². The highest BCUT2D eigenvalue weighted by Crippen LogP contribution is 2.38. The first kappa shape index (κ1) is 16.9. The fourth-order valence-corrected chi connectivity index (χ4v) is 3.97. The zero-order valence-corrected chi connectivity index (χ0v) is 15.0. The van der Waals surface area contributed by atoms with Gasteiger partial charge in [-0.3, -0.25) is 4.79 Å². The van der Waals surface area contributed by atoms with Gasteiger partial charge in [0.15, 0.2) is 18.1 Å². The van der Waals surface area contributed by atoms with E-state index in [-0.39, 0.29) is 18.6 Å². The van der Waals surface area contributed by atoms with Crippen molar-refractivity contribution in [3.05, 3.63) is 46.2 Å². The smallest absolute Gasteiger partial charge is 0.348 e. The van der Waals surface area contributed by atoms with E-state index in [1.54, 1.807) is 22.4 Å². The van der Waals surface area contributed by atoms with Gasteiger partial charge < -0.3 is 19.1 Å². The van der Waals surface area contributed by atoms with Crippen molar-refractivity contribution in [2.75, 3.05) is 26.4 Å². The molecule has 0 radical (unpaired) electrons. The summed E-state index contributed by atoms with van der Waals surface area (Å²) in [6, 6.07) is 9.25. The summed E-state index contributed by atoms with van der Waals surface area (Å²) in [7, 11) is 0. The Kier molecular flexibility index (Phi) is 4.79. The molecule has 1 saturated heterocycles. The molecule has 0 N–H and O–H groups in total. The molecule has 2 aliphatic heterocycles. The molecule has 0 saturated carbocycles. The molecule has 136 valence electrons. The van der Waals surface area contributed by atoms with Gasteiger partial charge in [0.25, 0.3) is 5.91 Å². The number of likely N-dealkylation sites (tertiary alicyclic amines) is 1. The van der Waals surface area contributed by atoms with E-state index in [0.717, 1.165) is 29.9 Å². The summed E-state index contributed by atoms with van der Waals surface area (Å²) in [4.78, 5) is 26.8. The lowest BCUT2D eigenvalue weighted by Gasteiger charge is -2.26. The summed E-state index contributed by atoms with van der Waals surface area (Å²) in [6.07, 6.45) is 1.80. The normalized spacial score (nSPS) is 18.6. The average Bonchev–Trinajstić information content (AvgIpc) is 3.37. The number of hydrogen-bond acceptors (Lipinski definition) is 6. The number of benzene rings is 1. The van der Waals surface area contributed by atoms with E-state index >= 15 is 0 Å². The molecule has 0 spiro atoms. The van der Waals surface area contributed by atoms with Crippen molar-refractivity contribution < 1.29 is 23.8 Å². The molecular formula is C19H19NO5S. The molecule has 1 unspecified atom stereocenters. The van der Waals surface area contributed by atoms with E-state index < -0.39 is 5.97 Å². The molecule has 1 aromatic heterocycles. The van der Waals surface area contributed by atoms with Gasteiger partial charge in [0.1, 0.15) is 18.1 Å². The van der Waals surface area contributed by atoms with Crippen LogP contribution < -0.4 is 9.47 Å². The Morgan fingerprint density at radius 2 is 2.04 bits per heavy atom. The maximum absolute atomic E-state index is 12.6. The number of nitrogens with zero attached hydrogens (tertiary/aromatic N) is 1. The molecule has 1 amide bonds. The van der Waals surface area contributed by atoms with Crippen molar-refractivity contribution in [3.63, 3.8) is 0 Å². The summed E-state index contributed by atoms with van der Waals surface area (Å²) < 4.78 is 16.4. The van der Waals surface area contributed by atoms with E-state index in [1.165, 1.54) is 11.3 Å². The van der Waals surface area contributed by atoms with Crippen LogP contribution in [-0.2, 0) is 9.53 Å². The second-order valence-electron chi connectivity index (χ2n) is 6.20. The molecular weight excluding hydrogens is 354 g/mol. The van der Waals surface area contributed by atoms with E-state index in [4.69, 9.17) is 14.2 Å². The largest absolute Gasteiger partial charge is 0.486 e. The van der Waals surface area contributed by atoms with Gasteiger partial charge >= 0.3 is 5.97 Å². The highest BCUT2D eigenvalue weighted by molar-refractivity contribution is 7.11. The van der Waals surface area contributed by atoms with Crippen molar-refractivity contribution in [1.29, 1.82) is 0 Å². The van der Waals surface area contributed by atoms with Crippen molar-refractivity contribution in [3.8, 4) is 11.5 Å². The SMILES string of the molecule is O=C(OCC(=O)N1CCCC1c1ccc2c(c1)OCCO2)c1cccs1. The highest BCUT2D eigenvalue weighted by atomic mass is 32.1. The third-order valence-electron chi connectivity index (χ3n) is 4.57. The van der Waals surface area contributed by atoms with Gasteiger partial charge in [-0.15, -0.1) is 11.3 Å². The molecule has 1 fully saturated rings. The number of ether oxygens (including phenoxy) is 3. The predicted molar refractivity (Wildman–Crippen MR) is 95.7 cm³/mol. The summed E-state index contributed by atoms with van der Waals surface area (Å²) in [5, 5.41) is 1.80.